The first-order valence-electron chi connectivity index (χ1n) is 5.90. The first kappa shape index (κ1) is 11.7. The maximum absolute atomic E-state index is 8.60. The van der Waals surface area contributed by atoms with E-state index in [1.165, 1.54) is 19.3 Å². The summed E-state index contributed by atoms with van der Waals surface area (Å²) >= 11 is 0. The molecule has 5 heteroatoms. The first-order chi connectivity index (χ1) is 8.29. The van der Waals surface area contributed by atoms with Crippen LogP contribution in [0.1, 0.15) is 37.7 Å². The number of nitrogens with zero attached hydrogens (tertiary/aromatic N) is 2. The minimum Gasteiger partial charge on any atom is -0.474 e. The van der Waals surface area contributed by atoms with E-state index >= 15 is 0 Å². The molecule has 0 saturated heterocycles. The lowest BCUT2D eigenvalue weighted by molar-refractivity contribution is 0.148. The number of hydrogen-bond acceptors (Lipinski definition) is 4. The highest BCUT2D eigenvalue weighted by molar-refractivity contribution is 5.97. The molecule has 1 heterocycles. The van der Waals surface area contributed by atoms with E-state index in [0.717, 1.165) is 12.8 Å². The Bertz CT molecular complexity index is 400. The van der Waals surface area contributed by atoms with E-state index in [0.29, 0.717) is 11.4 Å². The molecule has 0 radical (unpaired) electrons. The summed E-state index contributed by atoms with van der Waals surface area (Å²) in [5.41, 5.74) is 6.13. The molecule has 0 spiro atoms. The fourth-order valence-corrected chi connectivity index (χ4v) is 2.04. The van der Waals surface area contributed by atoms with Crippen molar-refractivity contribution in [1.29, 1.82) is 0 Å². The van der Waals surface area contributed by atoms with Crippen molar-refractivity contribution in [3.05, 3.63) is 23.9 Å². The first-order valence-corrected chi connectivity index (χ1v) is 5.90. The van der Waals surface area contributed by atoms with E-state index in [1.54, 1.807) is 18.3 Å². The summed E-state index contributed by atoms with van der Waals surface area (Å²) in [6.07, 6.45) is 7.72. The molecule has 0 amide bonds. The Morgan fingerprint density at radius 3 is 2.88 bits per heavy atom. The predicted octanol–water partition coefficient (Wildman–Crippen LogP) is 1.89. The molecule has 0 aromatic carbocycles. The van der Waals surface area contributed by atoms with Gasteiger partial charge in [-0.15, -0.1) is 0 Å². The van der Waals surface area contributed by atoms with Crippen LogP contribution in [-0.4, -0.2) is 22.1 Å². The van der Waals surface area contributed by atoms with Gasteiger partial charge in [0.1, 0.15) is 6.10 Å². The van der Waals surface area contributed by atoms with Crippen LogP contribution in [0, 0.1) is 0 Å². The Balaban J connectivity index is 2.05. The lowest BCUT2D eigenvalue weighted by atomic mass is 9.98. The van der Waals surface area contributed by atoms with Crippen LogP contribution >= 0.6 is 0 Å². The van der Waals surface area contributed by atoms with Gasteiger partial charge < -0.3 is 15.7 Å². The molecule has 1 aliphatic carbocycles. The van der Waals surface area contributed by atoms with Crippen molar-refractivity contribution in [2.24, 2.45) is 10.9 Å². The number of ether oxygens (including phenoxy) is 1. The molecular weight excluding hydrogens is 218 g/mol. The third kappa shape index (κ3) is 3.09. The third-order valence-electron chi connectivity index (χ3n) is 2.98. The largest absolute Gasteiger partial charge is 0.474 e. The number of rotatable bonds is 3. The van der Waals surface area contributed by atoms with Crippen LogP contribution in [0.15, 0.2) is 23.5 Å². The van der Waals surface area contributed by atoms with Crippen molar-refractivity contribution in [2.75, 3.05) is 0 Å². The van der Waals surface area contributed by atoms with E-state index < -0.39 is 0 Å². The number of aromatic nitrogens is 1. The average molecular weight is 235 g/mol. The summed E-state index contributed by atoms with van der Waals surface area (Å²) in [4.78, 5) is 4.14. The summed E-state index contributed by atoms with van der Waals surface area (Å²) in [5.74, 6) is 0.613. The van der Waals surface area contributed by atoms with Crippen molar-refractivity contribution in [2.45, 2.75) is 38.2 Å². The highest BCUT2D eigenvalue weighted by Crippen LogP contribution is 2.22. The Kier molecular flexibility index (Phi) is 3.80. The highest BCUT2D eigenvalue weighted by Gasteiger charge is 2.15. The second kappa shape index (κ2) is 5.52. The molecule has 1 saturated carbocycles. The second-order valence-corrected chi connectivity index (χ2v) is 4.25. The number of nitrogens with two attached hydrogens (primary N) is 1. The number of pyridine rings is 1. The molecule has 92 valence electrons. The topological polar surface area (TPSA) is 80.7 Å². The second-order valence-electron chi connectivity index (χ2n) is 4.25. The van der Waals surface area contributed by atoms with Gasteiger partial charge in [-0.1, -0.05) is 11.6 Å². The molecule has 1 aromatic heterocycles. The van der Waals surface area contributed by atoms with Gasteiger partial charge in [-0.2, -0.15) is 0 Å². The van der Waals surface area contributed by atoms with Gasteiger partial charge in [-0.05, 0) is 31.7 Å². The van der Waals surface area contributed by atoms with Crippen molar-refractivity contribution in [3.8, 4) is 5.88 Å². The summed E-state index contributed by atoms with van der Waals surface area (Å²) in [6.45, 7) is 0. The van der Waals surface area contributed by atoms with Gasteiger partial charge in [-0.3, -0.25) is 0 Å². The molecule has 1 aromatic rings. The molecule has 0 aliphatic heterocycles. The standard InChI is InChI=1S/C12H17N3O2/c13-12(15-16)9-6-7-14-11(8-9)17-10-4-2-1-3-5-10/h6-8,10,16H,1-5H2,(H2,13,15). The van der Waals surface area contributed by atoms with Crippen LogP contribution in [0.5, 0.6) is 5.88 Å². The summed E-state index contributed by atoms with van der Waals surface area (Å²) < 4.78 is 5.79. The minimum absolute atomic E-state index is 0.0703. The molecule has 5 nitrogen and oxygen atoms in total. The number of amidine groups is 1. The lowest BCUT2D eigenvalue weighted by Crippen LogP contribution is -2.20. The van der Waals surface area contributed by atoms with Crippen LogP contribution in [0.25, 0.3) is 0 Å². The van der Waals surface area contributed by atoms with Gasteiger partial charge in [0.2, 0.25) is 5.88 Å². The van der Waals surface area contributed by atoms with Gasteiger partial charge in [0.15, 0.2) is 5.84 Å². The van der Waals surface area contributed by atoms with Crippen molar-refractivity contribution >= 4 is 5.84 Å². The SMILES string of the molecule is N/C(=N\O)c1ccnc(OC2CCCCC2)c1. The molecule has 0 atom stereocenters. The number of hydrogen-bond donors (Lipinski definition) is 2. The molecule has 0 unspecified atom stereocenters. The molecule has 1 fully saturated rings. The zero-order valence-electron chi connectivity index (χ0n) is 9.67. The van der Waals surface area contributed by atoms with Crippen LogP contribution in [0.4, 0.5) is 0 Å². The molecule has 1 aliphatic rings. The molecule has 0 bridgehead atoms. The Labute approximate surface area is 100 Å². The van der Waals surface area contributed by atoms with Gasteiger partial charge >= 0.3 is 0 Å². The fourth-order valence-electron chi connectivity index (χ4n) is 2.04. The van der Waals surface area contributed by atoms with Crippen LogP contribution in [-0.2, 0) is 0 Å². The maximum Gasteiger partial charge on any atom is 0.214 e. The van der Waals surface area contributed by atoms with Crippen LogP contribution in [0.3, 0.4) is 0 Å². The van der Waals surface area contributed by atoms with Crippen LogP contribution < -0.4 is 10.5 Å². The summed E-state index contributed by atoms with van der Waals surface area (Å²) in [7, 11) is 0. The monoisotopic (exact) mass is 235 g/mol. The van der Waals surface area contributed by atoms with Crippen LogP contribution in [0.2, 0.25) is 0 Å². The average Bonchev–Trinajstić information content (AvgIpc) is 2.39. The van der Waals surface area contributed by atoms with Crippen molar-refractivity contribution in [3.63, 3.8) is 0 Å². The van der Waals surface area contributed by atoms with Crippen molar-refractivity contribution < 1.29 is 9.94 Å². The summed E-state index contributed by atoms with van der Waals surface area (Å²) in [6, 6.07) is 3.38. The normalized spacial score (nSPS) is 18.0. The molecule has 3 N–H and O–H groups in total. The van der Waals surface area contributed by atoms with Gasteiger partial charge in [0, 0.05) is 17.8 Å². The fraction of sp³-hybridized carbons (Fsp3) is 0.500. The van der Waals surface area contributed by atoms with Gasteiger partial charge in [0.25, 0.3) is 0 Å². The Morgan fingerprint density at radius 1 is 1.41 bits per heavy atom. The predicted molar refractivity (Wildman–Crippen MR) is 64.2 cm³/mol. The number of oxime groups is 1. The van der Waals surface area contributed by atoms with Gasteiger partial charge in [0.05, 0.1) is 0 Å². The zero-order chi connectivity index (χ0) is 12.1. The quantitative estimate of drug-likeness (QED) is 0.363. The summed E-state index contributed by atoms with van der Waals surface area (Å²) in [5, 5.41) is 11.6. The van der Waals surface area contributed by atoms with E-state index in [2.05, 4.69) is 10.1 Å². The van der Waals surface area contributed by atoms with E-state index in [9.17, 15) is 0 Å². The Morgan fingerprint density at radius 2 is 2.18 bits per heavy atom. The smallest absolute Gasteiger partial charge is 0.214 e. The third-order valence-corrected chi connectivity index (χ3v) is 2.98. The van der Waals surface area contributed by atoms with E-state index in [4.69, 9.17) is 15.7 Å². The maximum atomic E-state index is 8.60. The van der Waals surface area contributed by atoms with Gasteiger partial charge in [-0.25, -0.2) is 4.98 Å². The lowest BCUT2D eigenvalue weighted by Gasteiger charge is -2.22. The van der Waals surface area contributed by atoms with E-state index in [1.807, 2.05) is 0 Å². The molecular formula is C12H17N3O2. The zero-order valence-corrected chi connectivity index (χ0v) is 9.67. The van der Waals surface area contributed by atoms with Crippen molar-refractivity contribution in [1.82, 2.24) is 4.98 Å². The Hall–Kier alpha value is -1.78. The highest BCUT2D eigenvalue weighted by atomic mass is 16.5. The van der Waals surface area contributed by atoms with E-state index in [-0.39, 0.29) is 11.9 Å². The molecule has 17 heavy (non-hydrogen) atoms. The molecule has 2 rings (SSSR count). The minimum atomic E-state index is 0.0703.